The number of carbonyl (C=O) groups excluding carboxylic acids is 4. The predicted molar refractivity (Wildman–Crippen MR) is 253 cm³/mol. The molecule has 348 valence electrons. The molecular weight excluding hydrogens is 839 g/mol. The number of hydrogen-bond acceptors (Lipinski definition) is 14. The molecule has 4 heterocycles. The highest BCUT2D eigenvalue weighted by atomic mass is 16.5. The molecule has 66 heavy (non-hydrogen) atoms. The van der Waals surface area contributed by atoms with Gasteiger partial charge in [-0.15, -0.1) is 0 Å². The number of anilines is 4. The van der Waals surface area contributed by atoms with Crippen LogP contribution in [0.3, 0.4) is 0 Å². The number of aliphatic imine (C=N–C) groups is 1. The molecule has 17 nitrogen and oxygen atoms in total. The van der Waals surface area contributed by atoms with Crippen molar-refractivity contribution >= 4 is 58.7 Å². The number of nitrogens with one attached hydrogen (secondary N) is 2. The fourth-order valence-electron chi connectivity index (χ4n) is 10.0. The number of likely N-dealkylation sites (N-methyl/N-ethyl adjacent to an activating group) is 2. The summed E-state index contributed by atoms with van der Waals surface area (Å²) in [5.74, 6) is 13.2. The van der Waals surface area contributed by atoms with Crippen molar-refractivity contribution in [3.63, 3.8) is 0 Å². The van der Waals surface area contributed by atoms with E-state index in [2.05, 4.69) is 56.3 Å². The maximum Gasteiger partial charge on any atom is 0.255 e. The van der Waals surface area contributed by atoms with Crippen LogP contribution in [0.5, 0.6) is 5.75 Å². The van der Waals surface area contributed by atoms with Crippen LogP contribution in [0.4, 0.5) is 23.1 Å². The molecule has 0 spiro atoms. The Labute approximate surface area is 386 Å². The van der Waals surface area contributed by atoms with Crippen LogP contribution >= 0.6 is 0 Å². The molecule has 3 aromatic rings. The Balaban J connectivity index is 0.784. The van der Waals surface area contributed by atoms with Gasteiger partial charge < -0.3 is 40.2 Å². The summed E-state index contributed by atoms with van der Waals surface area (Å²) in [6.45, 7) is 4.26. The maximum atomic E-state index is 13.3. The van der Waals surface area contributed by atoms with Crippen LogP contribution in [0.2, 0.25) is 0 Å². The summed E-state index contributed by atoms with van der Waals surface area (Å²) in [4.78, 5) is 72.8. The van der Waals surface area contributed by atoms with Crippen molar-refractivity contribution in [3.05, 3.63) is 64.8 Å². The lowest BCUT2D eigenvalue weighted by molar-refractivity contribution is -0.137. The van der Waals surface area contributed by atoms with Crippen LogP contribution in [0.1, 0.15) is 111 Å². The van der Waals surface area contributed by atoms with E-state index in [9.17, 15) is 19.2 Å². The summed E-state index contributed by atoms with van der Waals surface area (Å²) in [7, 11) is 5.55. The zero-order valence-corrected chi connectivity index (χ0v) is 38.4. The minimum Gasteiger partial charge on any atom is -0.495 e. The van der Waals surface area contributed by atoms with E-state index < -0.39 is 11.9 Å². The van der Waals surface area contributed by atoms with Gasteiger partial charge in [-0.3, -0.25) is 29.5 Å². The van der Waals surface area contributed by atoms with Crippen molar-refractivity contribution < 1.29 is 28.7 Å². The summed E-state index contributed by atoms with van der Waals surface area (Å²) >= 11 is 0. The van der Waals surface area contributed by atoms with Crippen molar-refractivity contribution in [3.8, 4) is 17.6 Å². The standard InChI is InChI=1S/C49H61N11O6/c1-5-40-48(64)58(3)42-29-52-49(55-45(42)60(40)35-13-6-7-14-35)53-38-21-16-32(27-43(38)65-4)39(56-50)28-51-33-17-19-34(20-18-33)57(2)24-26-66-25-9-8-11-31-12-10-15-36-37(31)30-59(47(36)63)41-22-23-44(61)54-46(41)62/h10,12,15-16,21,27-29,33-35,40-41H,5-7,9,13-14,17-20,22-26,30,50H2,1-4H3,(H,52,53,55)(H,54,61,62)/b51-28?,56-39+/t33?,34?,40-,41?/m1/s1. The molecule has 1 saturated heterocycles. The van der Waals surface area contributed by atoms with E-state index in [4.69, 9.17) is 25.3 Å². The quantitative estimate of drug-likeness (QED) is 0.0465. The van der Waals surface area contributed by atoms with E-state index in [0.717, 1.165) is 80.4 Å². The Morgan fingerprint density at radius 2 is 1.86 bits per heavy atom. The monoisotopic (exact) mass is 899 g/mol. The maximum absolute atomic E-state index is 13.3. The number of carbonyl (C=O) groups is 4. The van der Waals surface area contributed by atoms with Gasteiger partial charge in [0.15, 0.2) is 5.82 Å². The first-order chi connectivity index (χ1) is 32.1. The number of ether oxygens (including phenoxy) is 2. The molecule has 0 bridgehead atoms. The molecular formula is C49H61N11O6. The number of nitrogens with two attached hydrogens (primary N) is 1. The third-order valence-electron chi connectivity index (χ3n) is 13.8. The summed E-state index contributed by atoms with van der Waals surface area (Å²) in [6, 6.07) is 11.1. The molecule has 2 atom stereocenters. The Morgan fingerprint density at radius 1 is 1.06 bits per heavy atom. The Hall–Kier alpha value is -6.38. The Kier molecular flexibility index (Phi) is 14.6. The SMILES string of the molecule is CC[C@@H]1C(=O)N(C)c2cnc(Nc3ccc(/C(C=NC4CCC(N(C)CCOCCC#Cc5cccc6c5CN(C5CCC(=O)NC5=O)C6=O)CC4)=N/N)cc3OC)nc2N1C1CCCC1. The van der Waals surface area contributed by atoms with Crippen molar-refractivity contribution in [1.29, 1.82) is 0 Å². The first-order valence-corrected chi connectivity index (χ1v) is 23.3. The largest absolute Gasteiger partial charge is 0.495 e. The molecule has 2 aromatic carbocycles. The fourth-order valence-corrected chi connectivity index (χ4v) is 10.0. The number of nitrogens with zero attached hydrogens (tertiary/aromatic N) is 8. The molecule has 2 saturated carbocycles. The molecule has 2 aliphatic carbocycles. The normalized spacial score (nSPS) is 22.4. The second kappa shape index (κ2) is 20.8. The summed E-state index contributed by atoms with van der Waals surface area (Å²) < 4.78 is 11.8. The van der Waals surface area contributed by atoms with Gasteiger partial charge in [0, 0.05) is 68.0 Å². The summed E-state index contributed by atoms with van der Waals surface area (Å²) in [5.41, 5.74) is 4.87. The summed E-state index contributed by atoms with van der Waals surface area (Å²) in [6.07, 6.45) is 13.6. The number of rotatable bonds is 15. The van der Waals surface area contributed by atoms with Gasteiger partial charge in [-0.05, 0) is 88.2 Å². The van der Waals surface area contributed by atoms with Crippen LogP contribution in [0.25, 0.3) is 0 Å². The lowest BCUT2D eigenvalue weighted by Gasteiger charge is -2.43. The van der Waals surface area contributed by atoms with Gasteiger partial charge in [0.25, 0.3) is 5.91 Å². The average Bonchev–Trinajstić information content (AvgIpc) is 3.99. The van der Waals surface area contributed by atoms with E-state index in [0.29, 0.717) is 79.4 Å². The number of hydrazone groups is 1. The number of methoxy groups -OCH3 is 1. The lowest BCUT2D eigenvalue weighted by Crippen LogP contribution is -2.55. The van der Waals surface area contributed by atoms with E-state index in [1.54, 1.807) is 42.4 Å². The van der Waals surface area contributed by atoms with E-state index in [-0.39, 0.29) is 42.3 Å². The van der Waals surface area contributed by atoms with Gasteiger partial charge in [-0.2, -0.15) is 10.1 Å². The molecule has 8 rings (SSSR count). The van der Waals surface area contributed by atoms with Gasteiger partial charge >= 0.3 is 0 Å². The number of benzene rings is 2. The fraction of sp³-hybridized carbons (Fsp3) is 0.510. The van der Waals surface area contributed by atoms with Gasteiger partial charge in [-0.25, -0.2) is 4.98 Å². The second-order valence-corrected chi connectivity index (χ2v) is 17.7. The van der Waals surface area contributed by atoms with E-state index in [1.807, 2.05) is 30.3 Å². The second-order valence-electron chi connectivity index (χ2n) is 17.7. The zero-order valence-electron chi connectivity index (χ0n) is 38.4. The highest BCUT2D eigenvalue weighted by Crippen LogP contribution is 2.40. The third-order valence-corrected chi connectivity index (χ3v) is 13.8. The predicted octanol–water partition coefficient (Wildman–Crippen LogP) is 4.93. The smallest absolute Gasteiger partial charge is 0.255 e. The first-order valence-electron chi connectivity index (χ1n) is 23.3. The van der Waals surface area contributed by atoms with Gasteiger partial charge in [-0.1, -0.05) is 43.7 Å². The highest BCUT2D eigenvalue weighted by Gasteiger charge is 2.42. The third kappa shape index (κ3) is 9.90. The van der Waals surface area contributed by atoms with E-state index in [1.165, 1.54) is 0 Å². The van der Waals surface area contributed by atoms with E-state index >= 15 is 0 Å². The van der Waals surface area contributed by atoms with Crippen LogP contribution in [-0.2, 0) is 25.7 Å². The van der Waals surface area contributed by atoms with Gasteiger partial charge in [0.2, 0.25) is 23.7 Å². The van der Waals surface area contributed by atoms with Crippen molar-refractivity contribution in [2.24, 2.45) is 15.9 Å². The number of imide groups is 1. The Morgan fingerprint density at radius 3 is 2.61 bits per heavy atom. The minimum atomic E-state index is -0.653. The molecule has 17 heteroatoms. The van der Waals surface area contributed by atoms with Crippen LogP contribution in [0.15, 0.2) is 52.7 Å². The van der Waals surface area contributed by atoms with Crippen molar-refractivity contribution in [2.45, 2.75) is 121 Å². The van der Waals surface area contributed by atoms with Crippen LogP contribution in [0, 0.1) is 11.8 Å². The molecule has 5 aliphatic rings. The molecule has 4 amide bonds. The topological polar surface area (TPSA) is 200 Å². The van der Waals surface area contributed by atoms with Crippen LogP contribution in [-0.4, -0.2) is 126 Å². The Bertz CT molecular complexity index is 2430. The minimum absolute atomic E-state index is 0.0774. The number of aromatic nitrogens is 2. The number of hydrogen-bond donors (Lipinski definition) is 3. The number of amides is 4. The lowest BCUT2D eigenvalue weighted by atomic mass is 9.90. The summed E-state index contributed by atoms with van der Waals surface area (Å²) in [5, 5.41) is 9.77. The average molecular weight is 900 g/mol. The molecule has 4 N–H and O–H groups in total. The number of fused-ring (bicyclic) bond motifs is 2. The molecule has 3 fully saturated rings. The number of piperidine rings is 1. The first kappa shape index (κ1) is 46.2. The van der Waals surface area contributed by atoms with Crippen molar-refractivity contribution in [2.75, 3.05) is 56.1 Å². The molecule has 1 aromatic heterocycles. The van der Waals surface area contributed by atoms with Crippen LogP contribution < -0.4 is 31.0 Å². The van der Waals surface area contributed by atoms with Gasteiger partial charge in [0.1, 0.15) is 29.2 Å². The molecule has 3 aliphatic heterocycles. The van der Waals surface area contributed by atoms with Crippen molar-refractivity contribution in [1.82, 2.24) is 25.1 Å². The molecule has 0 radical (unpaired) electrons. The highest BCUT2D eigenvalue weighted by molar-refractivity contribution is 6.38. The van der Waals surface area contributed by atoms with Gasteiger partial charge in [0.05, 0.1) is 38.2 Å². The zero-order chi connectivity index (χ0) is 46.3. The molecule has 1 unspecified atom stereocenters.